The van der Waals surface area contributed by atoms with E-state index < -0.39 is 17.8 Å². The molecule has 0 saturated carbocycles. The molecule has 0 atom stereocenters. The van der Waals surface area contributed by atoms with Crippen molar-refractivity contribution in [1.82, 2.24) is 4.98 Å². The van der Waals surface area contributed by atoms with Crippen molar-refractivity contribution in [2.24, 2.45) is 0 Å². The predicted octanol–water partition coefficient (Wildman–Crippen LogP) is 3.85. The minimum Gasteiger partial charge on any atom is -0.322 e. The largest absolute Gasteiger partial charge is 0.322 e. The summed E-state index contributed by atoms with van der Waals surface area (Å²) >= 11 is 11.6. The van der Waals surface area contributed by atoms with Crippen molar-refractivity contribution < 1.29 is 13.6 Å². The molecule has 20 heavy (non-hydrogen) atoms. The van der Waals surface area contributed by atoms with Crippen LogP contribution in [0.2, 0.25) is 10.0 Å². The van der Waals surface area contributed by atoms with E-state index in [4.69, 9.17) is 23.2 Å². The van der Waals surface area contributed by atoms with Gasteiger partial charge >= 0.3 is 0 Å². The molecule has 0 fully saturated rings. The van der Waals surface area contributed by atoms with Crippen LogP contribution in [0.5, 0.6) is 0 Å². The highest BCUT2D eigenvalue weighted by Gasteiger charge is 2.10. The van der Waals surface area contributed by atoms with E-state index in [0.717, 1.165) is 12.1 Å². The second-order valence-corrected chi connectivity index (χ2v) is 4.76. The summed E-state index contributed by atoms with van der Waals surface area (Å²) in [6.45, 7) is 0. The zero-order chi connectivity index (χ0) is 14.7. The van der Waals surface area contributed by atoms with Gasteiger partial charge in [0.25, 0.3) is 0 Å². The highest BCUT2D eigenvalue weighted by atomic mass is 35.5. The van der Waals surface area contributed by atoms with Crippen molar-refractivity contribution in [2.45, 2.75) is 6.42 Å². The summed E-state index contributed by atoms with van der Waals surface area (Å²) in [6.07, 6.45) is -0.0201. The van der Waals surface area contributed by atoms with Crippen molar-refractivity contribution in [3.8, 4) is 0 Å². The number of anilines is 1. The van der Waals surface area contributed by atoms with Crippen LogP contribution in [0.3, 0.4) is 0 Å². The summed E-state index contributed by atoms with van der Waals surface area (Å²) in [4.78, 5) is 14.7. The lowest BCUT2D eigenvalue weighted by molar-refractivity contribution is -0.115. The molecule has 7 heteroatoms. The Kier molecular flexibility index (Phi) is 4.52. The van der Waals surface area contributed by atoms with Gasteiger partial charge in [-0.05, 0) is 29.8 Å². The van der Waals surface area contributed by atoms with Gasteiger partial charge in [-0.1, -0.05) is 29.3 Å². The number of hydrogen-bond donors (Lipinski definition) is 1. The van der Waals surface area contributed by atoms with E-state index in [-0.39, 0.29) is 12.1 Å². The molecule has 1 aromatic heterocycles. The molecule has 0 radical (unpaired) electrons. The number of nitrogens with one attached hydrogen (secondary N) is 1. The van der Waals surface area contributed by atoms with Crippen molar-refractivity contribution in [1.29, 1.82) is 0 Å². The van der Waals surface area contributed by atoms with Gasteiger partial charge in [-0.3, -0.25) is 4.79 Å². The van der Waals surface area contributed by atoms with Gasteiger partial charge in [-0.2, -0.15) is 13.8 Å². The minimum atomic E-state index is -1.08. The first-order valence-corrected chi connectivity index (χ1v) is 6.27. The lowest BCUT2D eigenvalue weighted by atomic mass is 10.1. The van der Waals surface area contributed by atoms with Gasteiger partial charge in [0.05, 0.1) is 22.2 Å². The molecule has 0 bridgehead atoms. The van der Waals surface area contributed by atoms with Crippen molar-refractivity contribution in [2.75, 3.05) is 5.32 Å². The Labute approximate surface area is 123 Å². The van der Waals surface area contributed by atoms with Crippen LogP contribution in [-0.2, 0) is 11.2 Å². The van der Waals surface area contributed by atoms with Crippen molar-refractivity contribution >= 4 is 34.8 Å². The van der Waals surface area contributed by atoms with Gasteiger partial charge in [0.15, 0.2) is 0 Å². The highest BCUT2D eigenvalue weighted by Crippen LogP contribution is 2.23. The maximum absolute atomic E-state index is 13.3. The molecule has 0 aliphatic rings. The van der Waals surface area contributed by atoms with Gasteiger partial charge in [-0.15, -0.1) is 0 Å². The third-order valence-electron chi connectivity index (χ3n) is 2.44. The fourth-order valence-electron chi connectivity index (χ4n) is 1.53. The molecule has 1 aromatic carbocycles. The molecule has 0 aliphatic carbocycles. The smallest absolute Gasteiger partial charge is 0.239 e. The molecule has 1 heterocycles. The summed E-state index contributed by atoms with van der Waals surface area (Å²) in [5.41, 5.74) is 0.434. The minimum absolute atomic E-state index is 0.0201. The molecule has 1 N–H and O–H groups in total. The van der Waals surface area contributed by atoms with Gasteiger partial charge in [0, 0.05) is 0 Å². The Hall–Kier alpha value is -1.72. The van der Waals surface area contributed by atoms with Crippen LogP contribution in [0.4, 0.5) is 14.5 Å². The number of amides is 1. The topological polar surface area (TPSA) is 42.0 Å². The average molecular weight is 317 g/mol. The number of pyridine rings is 1. The second-order valence-electron chi connectivity index (χ2n) is 3.95. The van der Waals surface area contributed by atoms with Gasteiger partial charge in [0.1, 0.15) is 0 Å². The number of halogens is 4. The van der Waals surface area contributed by atoms with Crippen molar-refractivity contribution in [3.05, 3.63) is 57.8 Å². The Balaban J connectivity index is 2.07. The Morgan fingerprint density at radius 2 is 1.90 bits per heavy atom. The van der Waals surface area contributed by atoms with Crippen LogP contribution >= 0.6 is 23.2 Å². The monoisotopic (exact) mass is 316 g/mol. The van der Waals surface area contributed by atoms with E-state index in [0.29, 0.717) is 15.6 Å². The molecule has 0 unspecified atom stereocenters. The number of nitrogens with zero attached hydrogens (tertiary/aromatic N) is 1. The number of rotatable bonds is 3. The summed E-state index contributed by atoms with van der Waals surface area (Å²) in [7, 11) is 0. The molecule has 0 aliphatic heterocycles. The van der Waals surface area contributed by atoms with Crippen LogP contribution in [0, 0.1) is 11.9 Å². The summed E-state index contributed by atoms with van der Waals surface area (Å²) < 4.78 is 25.9. The first-order valence-electron chi connectivity index (χ1n) is 5.51. The fraction of sp³-hybridized carbons (Fsp3) is 0.0769. The first-order chi connectivity index (χ1) is 9.45. The zero-order valence-corrected chi connectivity index (χ0v) is 11.5. The summed E-state index contributed by atoms with van der Waals surface area (Å²) in [6, 6.07) is 6.80. The molecular formula is C13H8Cl2F2N2O. The number of hydrogen-bond acceptors (Lipinski definition) is 2. The van der Waals surface area contributed by atoms with Crippen molar-refractivity contribution in [3.63, 3.8) is 0 Å². The Bertz CT molecular complexity index is 665. The number of carbonyl (C=O) groups is 1. The van der Waals surface area contributed by atoms with E-state index >= 15 is 0 Å². The summed E-state index contributed by atoms with van der Waals surface area (Å²) in [5.74, 6) is -2.51. The quantitative estimate of drug-likeness (QED) is 0.874. The normalized spacial score (nSPS) is 10.4. The maximum atomic E-state index is 13.3. The van der Waals surface area contributed by atoms with E-state index in [1.807, 2.05) is 0 Å². The Morgan fingerprint density at radius 3 is 2.55 bits per heavy atom. The fourth-order valence-corrected chi connectivity index (χ4v) is 1.86. The maximum Gasteiger partial charge on any atom is 0.239 e. The lowest BCUT2D eigenvalue weighted by Crippen LogP contribution is -2.16. The molecule has 104 valence electrons. The predicted molar refractivity (Wildman–Crippen MR) is 72.9 cm³/mol. The van der Waals surface area contributed by atoms with E-state index in [2.05, 4.69) is 10.3 Å². The molecule has 2 rings (SSSR count). The first kappa shape index (κ1) is 14.7. The van der Waals surface area contributed by atoms with Gasteiger partial charge in [0.2, 0.25) is 17.8 Å². The van der Waals surface area contributed by atoms with E-state index in [1.54, 1.807) is 18.2 Å². The molecule has 0 spiro atoms. The van der Waals surface area contributed by atoms with Crippen LogP contribution in [-0.4, -0.2) is 10.9 Å². The average Bonchev–Trinajstić information content (AvgIpc) is 2.37. The van der Waals surface area contributed by atoms with Crippen LogP contribution in [0.15, 0.2) is 30.3 Å². The lowest BCUT2D eigenvalue weighted by Gasteiger charge is -2.06. The highest BCUT2D eigenvalue weighted by molar-refractivity contribution is 6.42. The zero-order valence-electron chi connectivity index (χ0n) is 9.96. The third kappa shape index (κ3) is 3.65. The molecular weight excluding hydrogens is 309 g/mol. The van der Waals surface area contributed by atoms with Crippen LogP contribution < -0.4 is 5.32 Å². The molecule has 1 amide bonds. The van der Waals surface area contributed by atoms with E-state index in [9.17, 15) is 13.6 Å². The van der Waals surface area contributed by atoms with E-state index in [1.165, 1.54) is 0 Å². The molecule has 2 aromatic rings. The van der Waals surface area contributed by atoms with Crippen LogP contribution in [0.1, 0.15) is 5.56 Å². The number of aromatic nitrogens is 1. The third-order valence-corrected chi connectivity index (χ3v) is 3.18. The second kappa shape index (κ2) is 6.15. The molecule has 3 nitrogen and oxygen atoms in total. The number of benzene rings is 1. The SMILES string of the molecule is O=C(Cc1ccc(Cl)c(Cl)c1)Nc1ccc(F)nc1F. The summed E-state index contributed by atoms with van der Waals surface area (Å²) in [5, 5.41) is 3.01. The van der Waals surface area contributed by atoms with Crippen LogP contribution in [0.25, 0.3) is 0 Å². The molecule has 0 saturated heterocycles. The standard InChI is InChI=1S/C13H8Cl2F2N2O/c14-8-2-1-7(5-9(8)15)6-12(20)18-10-3-4-11(16)19-13(10)17/h1-5H,6H2,(H,18,20). The Morgan fingerprint density at radius 1 is 1.15 bits per heavy atom. The number of carbonyl (C=O) groups excluding carboxylic acids is 1. The van der Waals surface area contributed by atoms with Gasteiger partial charge in [-0.25, -0.2) is 0 Å². The van der Waals surface area contributed by atoms with Gasteiger partial charge < -0.3 is 5.32 Å².